The summed E-state index contributed by atoms with van der Waals surface area (Å²) in [5, 5.41) is 11.4. The van der Waals surface area contributed by atoms with Crippen molar-refractivity contribution in [3.05, 3.63) is 41.4 Å². The Kier molecular flexibility index (Phi) is 10.2. The third kappa shape index (κ3) is 7.16. The number of aliphatic hydroxyl groups excluding tert-OH is 1. The van der Waals surface area contributed by atoms with Crippen molar-refractivity contribution in [3.63, 3.8) is 0 Å². The number of hydrogen-bond donors (Lipinski definition) is 2. The molecule has 12 nitrogen and oxygen atoms in total. The number of carbonyl (C=O) groups is 3. The zero-order valence-electron chi connectivity index (χ0n) is 22.9. The molecular formula is C27H36ClN5O7S. The van der Waals surface area contributed by atoms with E-state index in [2.05, 4.69) is 4.90 Å². The Morgan fingerprint density at radius 1 is 1.12 bits per heavy atom. The van der Waals surface area contributed by atoms with Gasteiger partial charge in [0.05, 0.1) is 31.3 Å². The van der Waals surface area contributed by atoms with Gasteiger partial charge in [0.2, 0.25) is 27.7 Å². The molecule has 2 aromatic rings. The van der Waals surface area contributed by atoms with Crippen LogP contribution in [0, 0.1) is 0 Å². The number of sulfonamides is 1. The van der Waals surface area contributed by atoms with Gasteiger partial charge >= 0.3 is 0 Å². The van der Waals surface area contributed by atoms with Crippen LogP contribution in [0.25, 0.3) is 10.8 Å². The molecule has 2 heterocycles. The van der Waals surface area contributed by atoms with E-state index in [0.717, 1.165) is 22.8 Å². The maximum atomic E-state index is 13.8. The number of aliphatic hydroxyl groups is 1. The molecule has 0 spiro atoms. The molecule has 2 fully saturated rings. The first-order valence-corrected chi connectivity index (χ1v) is 15.3. The van der Waals surface area contributed by atoms with Crippen LogP contribution in [0.4, 0.5) is 0 Å². The van der Waals surface area contributed by atoms with E-state index < -0.39 is 40.5 Å². The van der Waals surface area contributed by atoms with Crippen LogP contribution in [-0.4, -0.2) is 128 Å². The molecule has 2 atom stereocenters. The number of morpholine rings is 1. The normalized spacial score (nSPS) is 19.2. The fourth-order valence-electron chi connectivity index (χ4n) is 5.28. The lowest BCUT2D eigenvalue weighted by Crippen LogP contribution is -2.53. The third-order valence-electron chi connectivity index (χ3n) is 7.55. The first-order chi connectivity index (χ1) is 19.5. The van der Waals surface area contributed by atoms with E-state index in [1.54, 1.807) is 31.2 Å². The fourth-order valence-corrected chi connectivity index (χ4v) is 7.08. The van der Waals surface area contributed by atoms with E-state index in [1.165, 1.54) is 21.9 Å². The highest BCUT2D eigenvalue weighted by atomic mass is 35.5. The molecule has 14 heteroatoms. The van der Waals surface area contributed by atoms with Gasteiger partial charge in [0, 0.05) is 44.3 Å². The smallest absolute Gasteiger partial charge is 0.245 e. The lowest BCUT2D eigenvalue weighted by Gasteiger charge is -2.33. The Morgan fingerprint density at radius 2 is 1.80 bits per heavy atom. The lowest BCUT2D eigenvalue weighted by molar-refractivity contribution is -0.144. The average molecular weight is 610 g/mol. The predicted molar refractivity (Wildman–Crippen MR) is 153 cm³/mol. The molecule has 3 amide bonds. The molecule has 0 saturated carbocycles. The Morgan fingerprint density at radius 3 is 2.49 bits per heavy atom. The van der Waals surface area contributed by atoms with Crippen molar-refractivity contribution in [2.45, 2.75) is 30.3 Å². The first kappa shape index (κ1) is 31.1. The zero-order valence-corrected chi connectivity index (χ0v) is 24.5. The molecule has 2 saturated heterocycles. The van der Waals surface area contributed by atoms with E-state index in [1.807, 2.05) is 0 Å². The van der Waals surface area contributed by atoms with E-state index >= 15 is 0 Å². The topological polar surface area (TPSA) is 154 Å². The molecule has 3 N–H and O–H groups in total. The quantitative estimate of drug-likeness (QED) is 0.344. The number of ether oxygens (including phenoxy) is 1. The van der Waals surface area contributed by atoms with Crippen LogP contribution in [0.15, 0.2) is 41.3 Å². The Hall–Kier alpha value is -2.81. The first-order valence-electron chi connectivity index (χ1n) is 13.5. The van der Waals surface area contributed by atoms with Crippen molar-refractivity contribution in [3.8, 4) is 0 Å². The number of nitrogens with two attached hydrogens (primary N) is 1. The molecule has 224 valence electrons. The van der Waals surface area contributed by atoms with E-state index in [9.17, 15) is 27.9 Å². The van der Waals surface area contributed by atoms with Crippen LogP contribution < -0.4 is 5.73 Å². The van der Waals surface area contributed by atoms with Gasteiger partial charge < -0.3 is 25.4 Å². The SMILES string of the molecule is C[C@@H](C(=O)N(CCO)CCN1CCOCC1)N1CC[C@H](N(CC(N)=O)S(=O)(=O)c2ccc3cc(Cl)ccc3c2)C1=O. The predicted octanol–water partition coefficient (Wildman–Crippen LogP) is 0.112. The number of carbonyl (C=O) groups excluding carboxylic acids is 3. The third-order valence-corrected chi connectivity index (χ3v) is 9.63. The lowest BCUT2D eigenvalue weighted by atomic mass is 10.1. The molecule has 0 aliphatic carbocycles. The summed E-state index contributed by atoms with van der Waals surface area (Å²) in [6.45, 7) is 4.58. The van der Waals surface area contributed by atoms with Gasteiger partial charge in [0.25, 0.3) is 0 Å². The fraction of sp³-hybridized carbons (Fsp3) is 0.519. The van der Waals surface area contributed by atoms with Gasteiger partial charge in [-0.05, 0) is 48.4 Å². The number of fused-ring (bicyclic) bond motifs is 1. The summed E-state index contributed by atoms with van der Waals surface area (Å²) in [6.07, 6.45) is 0.0833. The molecule has 4 rings (SSSR count). The molecule has 41 heavy (non-hydrogen) atoms. The van der Waals surface area contributed by atoms with Crippen LogP contribution in [0.3, 0.4) is 0 Å². The Balaban J connectivity index is 1.52. The summed E-state index contributed by atoms with van der Waals surface area (Å²) < 4.78 is 33.7. The van der Waals surface area contributed by atoms with Gasteiger partial charge in [0.1, 0.15) is 12.1 Å². The monoisotopic (exact) mass is 609 g/mol. The van der Waals surface area contributed by atoms with Gasteiger partial charge in [-0.2, -0.15) is 4.31 Å². The highest BCUT2D eigenvalue weighted by molar-refractivity contribution is 7.89. The van der Waals surface area contributed by atoms with Crippen LogP contribution in [-0.2, 0) is 29.1 Å². The number of halogens is 1. The molecule has 0 radical (unpaired) electrons. The molecule has 2 aliphatic rings. The second-order valence-corrected chi connectivity index (χ2v) is 12.5. The van der Waals surface area contributed by atoms with Gasteiger partial charge in [0.15, 0.2) is 0 Å². The van der Waals surface area contributed by atoms with Gasteiger partial charge in [-0.3, -0.25) is 19.3 Å². The maximum Gasteiger partial charge on any atom is 0.245 e. The summed E-state index contributed by atoms with van der Waals surface area (Å²) in [6, 6.07) is 7.38. The Bertz CT molecular complexity index is 1390. The number of primary amides is 1. The number of nitrogens with zero attached hydrogens (tertiary/aromatic N) is 4. The van der Waals surface area contributed by atoms with Gasteiger partial charge in [-0.25, -0.2) is 8.42 Å². The number of hydrogen-bond acceptors (Lipinski definition) is 8. The minimum absolute atomic E-state index is 0.0833. The minimum Gasteiger partial charge on any atom is -0.395 e. The zero-order chi connectivity index (χ0) is 29.7. The van der Waals surface area contributed by atoms with Crippen molar-refractivity contribution >= 4 is 50.1 Å². The average Bonchev–Trinajstić information content (AvgIpc) is 3.33. The van der Waals surface area contributed by atoms with E-state index in [-0.39, 0.29) is 36.9 Å². The molecule has 2 aromatic carbocycles. The second kappa shape index (κ2) is 13.4. The number of likely N-dealkylation sites (tertiary alicyclic amines) is 1. The summed E-state index contributed by atoms with van der Waals surface area (Å²) >= 11 is 6.04. The highest BCUT2D eigenvalue weighted by Crippen LogP contribution is 2.29. The van der Waals surface area contributed by atoms with Crippen molar-refractivity contribution in [1.82, 2.24) is 19.0 Å². The van der Waals surface area contributed by atoms with Crippen molar-refractivity contribution in [1.29, 1.82) is 0 Å². The van der Waals surface area contributed by atoms with Crippen LogP contribution >= 0.6 is 11.6 Å². The second-order valence-electron chi connectivity index (χ2n) is 10.2. The standard InChI is InChI=1S/C27H36ClN5O7S/c1-19(26(36)31(10-13-34)9-8-30-11-14-40-15-12-30)32-7-6-24(27(32)37)33(18-25(29)35)41(38,39)23-5-3-20-16-22(28)4-2-21(20)17-23/h2-5,16-17,19,24,34H,6-15,18H2,1H3,(H2,29,35)/t19-,24-/m0/s1. The number of amides is 3. The van der Waals surface area contributed by atoms with Crippen molar-refractivity contribution < 1.29 is 32.6 Å². The van der Waals surface area contributed by atoms with Gasteiger partial charge in [-0.1, -0.05) is 23.7 Å². The summed E-state index contributed by atoms with van der Waals surface area (Å²) in [4.78, 5) is 43.9. The van der Waals surface area contributed by atoms with Crippen molar-refractivity contribution in [2.24, 2.45) is 5.73 Å². The summed E-state index contributed by atoms with van der Waals surface area (Å²) in [5.41, 5.74) is 5.42. The van der Waals surface area contributed by atoms with Gasteiger partial charge in [-0.15, -0.1) is 0 Å². The largest absolute Gasteiger partial charge is 0.395 e. The highest BCUT2D eigenvalue weighted by Gasteiger charge is 2.45. The van der Waals surface area contributed by atoms with E-state index in [4.69, 9.17) is 22.1 Å². The molecule has 0 unspecified atom stereocenters. The number of benzene rings is 2. The van der Waals surface area contributed by atoms with Crippen molar-refractivity contribution in [2.75, 3.05) is 65.6 Å². The number of rotatable bonds is 12. The molecular weight excluding hydrogens is 574 g/mol. The van der Waals surface area contributed by atoms with Crippen LogP contribution in [0.1, 0.15) is 13.3 Å². The summed E-state index contributed by atoms with van der Waals surface area (Å²) in [5.74, 6) is -1.84. The van der Waals surface area contributed by atoms with Crippen LogP contribution in [0.2, 0.25) is 5.02 Å². The Labute approximate surface area is 244 Å². The summed E-state index contributed by atoms with van der Waals surface area (Å²) in [7, 11) is -4.32. The molecule has 0 bridgehead atoms. The molecule has 2 aliphatic heterocycles. The van der Waals surface area contributed by atoms with Crippen LogP contribution in [0.5, 0.6) is 0 Å². The minimum atomic E-state index is -4.32. The maximum absolute atomic E-state index is 13.8. The molecule has 0 aromatic heterocycles. The van der Waals surface area contributed by atoms with E-state index in [0.29, 0.717) is 36.7 Å².